The summed E-state index contributed by atoms with van der Waals surface area (Å²) < 4.78 is 57.2. The summed E-state index contributed by atoms with van der Waals surface area (Å²) in [6.07, 6.45) is 1.00. The Hall–Kier alpha value is -3.29. The number of aryl methyl sites for hydroxylation is 2. The Kier molecular flexibility index (Phi) is 3.47. The summed E-state index contributed by atoms with van der Waals surface area (Å²) >= 11 is 0. The SMILES string of the molecule is [2H]C1(Oc2ccc3c(c2)OC([2H])([2H])C([2H])([2H])O3)CCN(c2cc(C)c3ncc(C)c(=O)n3n2)CC1. The van der Waals surface area contributed by atoms with Crippen LogP contribution in [0.3, 0.4) is 0 Å². The lowest BCUT2D eigenvalue weighted by atomic mass is 10.1. The predicted molar refractivity (Wildman–Crippen MR) is 112 cm³/mol. The first kappa shape index (κ1) is 13.8. The number of piperidine rings is 1. The van der Waals surface area contributed by atoms with Gasteiger partial charge in [0.25, 0.3) is 5.56 Å². The topological polar surface area (TPSA) is 78.2 Å². The molecule has 0 spiro atoms. The molecular weight excluding hydrogens is 384 g/mol. The smallest absolute Gasteiger partial charge is 0.277 e. The number of hydrogen-bond acceptors (Lipinski definition) is 7. The average Bonchev–Trinajstić information content (AvgIpc) is 2.77. The molecule has 5 rings (SSSR count). The molecule has 0 N–H and O–H groups in total. The Bertz CT molecular complexity index is 1370. The molecule has 1 aromatic carbocycles. The monoisotopic (exact) mass is 413 g/mol. The van der Waals surface area contributed by atoms with Crippen LogP contribution >= 0.6 is 0 Å². The van der Waals surface area contributed by atoms with Gasteiger partial charge in [-0.05, 0) is 37.6 Å². The molecule has 0 atom stereocenters. The summed E-state index contributed by atoms with van der Waals surface area (Å²) in [5, 5.41) is 4.49. The normalized spacial score (nSPS) is 23.5. The van der Waals surface area contributed by atoms with E-state index in [4.69, 9.17) is 21.1 Å². The zero-order chi connectivity index (χ0) is 25.2. The Morgan fingerprint density at radius 2 is 1.90 bits per heavy atom. The van der Waals surface area contributed by atoms with Crippen LogP contribution in [0.15, 0.2) is 35.3 Å². The highest BCUT2D eigenvalue weighted by atomic mass is 16.6. The summed E-state index contributed by atoms with van der Waals surface area (Å²) in [7, 11) is 0. The molecule has 156 valence electrons. The number of nitrogens with zero attached hydrogens (tertiary/aromatic N) is 4. The van der Waals surface area contributed by atoms with Crippen LogP contribution in [0, 0.1) is 13.8 Å². The second-order valence-corrected chi connectivity index (χ2v) is 7.31. The van der Waals surface area contributed by atoms with Gasteiger partial charge >= 0.3 is 0 Å². The van der Waals surface area contributed by atoms with E-state index < -0.39 is 19.2 Å². The molecule has 4 heterocycles. The summed E-state index contributed by atoms with van der Waals surface area (Å²) in [5.41, 5.74) is 1.63. The number of ether oxygens (including phenoxy) is 3. The number of fused-ring (bicyclic) bond motifs is 2. The van der Waals surface area contributed by atoms with Gasteiger partial charge in [0.1, 0.15) is 30.8 Å². The van der Waals surface area contributed by atoms with Gasteiger partial charge < -0.3 is 19.1 Å². The molecule has 1 fully saturated rings. The third-order valence-electron chi connectivity index (χ3n) is 5.20. The van der Waals surface area contributed by atoms with Gasteiger partial charge in [-0.3, -0.25) is 4.79 Å². The maximum absolute atomic E-state index is 12.5. The number of benzene rings is 1. The van der Waals surface area contributed by atoms with E-state index in [0.29, 0.717) is 48.7 Å². The Morgan fingerprint density at radius 3 is 2.70 bits per heavy atom. The van der Waals surface area contributed by atoms with Crippen molar-refractivity contribution >= 4 is 11.5 Å². The van der Waals surface area contributed by atoms with E-state index in [9.17, 15) is 4.79 Å². The lowest BCUT2D eigenvalue weighted by Gasteiger charge is -2.33. The van der Waals surface area contributed by atoms with Gasteiger partial charge in [0.05, 0.1) is 6.85 Å². The second kappa shape index (κ2) is 7.51. The third kappa shape index (κ3) is 3.42. The summed E-state index contributed by atoms with van der Waals surface area (Å²) in [6, 6.07) is 6.26. The Balaban J connectivity index is 1.32. The first-order valence-corrected chi connectivity index (χ1v) is 9.70. The molecule has 0 bridgehead atoms. The fourth-order valence-electron chi connectivity index (χ4n) is 3.56. The fourth-order valence-corrected chi connectivity index (χ4v) is 3.56. The van der Waals surface area contributed by atoms with E-state index >= 15 is 0 Å². The van der Waals surface area contributed by atoms with Crippen molar-refractivity contribution in [2.24, 2.45) is 0 Å². The van der Waals surface area contributed by atoms with Gasteiger partial charge in [-0.1, -0.05) is 0 Å². The molecule has 1 saturated heterocycles. The van der Waals surface area contributed by atoms with Gasteiger partial charge in [-0.2, -0.15) is 4.52 Å². The highest BCUT2D eigenvalue weighted by molar-refractivity contribution is 5.53. The summed E-state index contributed by atoms with van der Waals surface area (Å²) in [6.45, 7) is -0.795. The predicted octanol–water partition coefficient (Wildman–Crippen LogP) is 2.53. The van der Waals surface area contributed by atoms with Crippen LogP contribution in [-0.2, 0) is 0 Å². The van der Waals surface area contributed by atoms with Crippen LogP contribution in [0.4, 0.5) is 5.82 Å². The molecule has 8 heteroatoms. The van der Waals surface area contributed by atoms with E-state index in [0.717, 1.165) is 5.56 Å². The van der Waals surface area contributed by atoms with Crippen molar-refractivity contribution in [3.63, 3.8) is 0 Å². The lowest BCUT2D eigenvalue weighted by Crippen LogP contribution is -2.39. The van der Waals surface area contributed by atoms with Crippen LogP contribution in [0.2, 0.25) is 0 Å². The van der Waals surface area contributed by atoms with E-state index in [1.54, 1.807) is 13.1 Å². The first-order chi connectivity index (χ1) is 16.4. The minimum absolute atomic E-state index is 0.00819. The van der Waals surface area contributed by atoms with E-state index in [1.807, 2.05) is 17.9 Å². The van der Waals surface area contributed by atoms with E-state index in [2.05, 4.69) is 10.1 Å². The zero-order valence-corrected chi connectivity index (χ0v) is 16.6. The highest BCUT2D eigenvalue weighted by Gasteiger charge is 2.23. The maximum atomic E-state index is 12.5. The molecule has 2 aliphatic rings. The van der Waals surface area contributed by atoms with Crippen LogP contribution in [0.25, 0.3) is 5.65 Å². The first-order valence-electron chi connectivity index (χ1n) is 12.2. The molecule has 30 heavy (non-hydrogen) atoms. The Morgan fingerprint density at radius 1 is 1.13 bits per heavy atom. The van der Waals surface area contributed by atoms with Crippen LogP contribution in [0.5, 0.6) is 17.2 Å². The van der Waals surface area contributed by atoms with Crippen LogP contribution in [-0.4, -0.2) is 46.9 Å². The third-order valence-corrected chi connectivity index (χ3v) is 5.20. The van der Waals surface area contributed by atoms with Crippen molar-refractivity contribution in [3.8, 4) is 17.2 Å². The molecule has 2 aromatic heterocycles. The number of aromatic nitrogens is 3. The number of hydrogen-bond donors (Lipinski definition) is 0. The molecule has 8 nitrogen and oxygen atoms in total. The summed E-state index contributed by atoms with van der Waals surface area (Å²) in [4.78, 5) is 18.8. The molecule has 0 saturated carbocycles. The van der Waals surface area contributed by atoms with Crippen LogP contribution in [0.1, 0.15) is 30.8 Å². The molecule has 0 unspecified atom stereocenters. The average molecular weight is 413 g/mol. The molecular formula is C22H24N4O4. The molecule has 0 aliphatic carbocycles. The van der Waals surface area contributed by atoms with Gasteiger partial charge in [-0.15, -0.1) is 5.10 Å². The van der Waals surface area contributed by atoms with Crippen molar-refractivity contribution in [3.05, 3.63) is 51.9 Å². The molecule has 0 radical (unpaired) electrons. The zero-order valence-electron chi connectivity index (χ0n) is 21.6. The van der Waals surface area contributed by atoms with Crippen molar-refractivity contribution in [2.75, 3.05) is 31.1 Å². The van der Waals surface area contributed by atoms with Crippen molar-refractivity contribution in [2.45, 2.75) is 32.8 Å². The van der Waals surface area contributed by atoms with E-state index in [-0.39, 0.29) is 17.1 Å². The standard InChI is InChI=1S/C22H24N4O4/c1-14-11-20(24-26-21(14)23-13-15(2)22(26)27)25-7-5-16(6-8-25)30-17-3-4-18-19(12-17)29-10-9-28-18/h3-4,11-13,16H,5-10H2,1-2H3/i9D2,10D2,16D. The van der Waals surface area contributed by atoms with Crippen molar-refractivity contribution in [1.29, 1.82) is 0 Å². The second-order valence-electron chi connectivity index (χ2n) is 7.31. The van der Waals surface area contributed by atoms with Gasteiger partial charge in [-0.25, -0.2) is 4.98 Å². The minimum Gasteiger partial charge on any atom is -0.490 e. The van der Waals surface area contributed by atoms with Crippen molar-refractivity contribution < 1.29 is 21.1 Å². The quantitative estimate of drug-likeness (QED) is 0.653. The Labute approximate surface area is 181 Å². The lowest BCUT2D eigenvalue weighted by molar-refractivity contribution is 0.159. The number of anilines is 1. The summed E-state index contributed by atoms with van der Waals surface area (Å²) in [5.74, 6) is 0.988. The molecule has 2 aliphatic heterocycles. The highest BCUT2D eigenvalue weighted by Crippen LogP contribution is 2.34. The van der Waals surface area contributed by atoms with Crippen molar-refractivity contribution in [1.82, 2.24) is 14.6 Å². The van der Waals surface area contributed by atoms with Gasteiger partial charge in [0.15, 0.2) is 17.1 Å². The largest absolute Gasteiger partial charge is 0.490 e. The molecule has 0 amide bonds. The van der Waals surface area contributed by atoms with Gasteiger partial charge in [0.2, 0.25) is 0 Å². The van der Waals surface area contributed by atoms with Gasteiger partial charge in [0, 0.05) is 43.8 Å². The van der Waals surface area contributed by atoms with Crippen LogP contribution < -0.4 is 24.7 Å². The number of rotatable bonds is 3. The minimum atomic E-state index is -2.68. The maximum Gasteiger partial charge on any atom is 0.277 e. The fraction of sp³-hybridized carbons (Fsp3) is 0.409. The molecule has 3 aromatic rings. The van der Waals surface area contributed by atoms with E-state index in [1.165, 1.54) is 22.7 Å².